The highest BCUT2D eigenvalue weighted by molar-refractivity contribution is 5.92. The van der Waals surface area contributed by atoms with Crippen LogP contribution in [-0.4, -0.2) is 14.7 Å². The second kappa shape index (κ2) is 6.52. The van der Waals surface area contributed by atoms with E-state index >= 15 is 0 Å². The molecule has 0 bridgehead atoms. The first-order chi connectivity index (χ1) is 13.3. The number of hydrogen-bond acceptors (Lipinski definition) is 5. The van der Waals surface area contributed by atoms with E-state index in [0.29, 0.717) is 16.8 Å². The molecule has 2 aromatic heterocycles. The van der Waals surface area contributed by atoms with Gasteiger partial charge in [0, 0.05) is 5.39 Å². The minimum atomic E-state index is -4.55. The average molecular weight is 386 g/mol. The van der Waals surface area contributed by atoms with Gasteiger partial charge in [-0.25, -0.2) is 4.79 Å². The van der Waals surface area contributed by atoms with Gasteiger partial charge in [-0.15, -0.1) is 0 Å². The number of aryl methyl sites for hydroxylation is 1. The number of hydrogen-bond donors (Lipinski definition) is 1. The van der Waals surface area contributed by atoms with Gasteiger partial charge < -0.3 is 9.84 Å². The molecule has 6 nitrogen and oxygen atoms in total. The van der Waals surface area contributed by atoms with Crippen LogP contribution in [-0.2, 0) is 6.18 Å². The third kappa shape index (κ3) is 3.11. The predicted octanol–water partition coefficient (Wildman–Crippen LogP) is 4.44. The molecule has 1 N–H and O–H groups in total. The molecule has 0 atom stereocenters. The van der Waals surface area contributed by atoms with Crippen molar-refractivity contribution in [1.82, 2.24) is 14.7 Å². The Kier molecular flexibility index (Phi) is 4.14. The lowest BCUT2D eigenvalue weighted by atomic mass is 10.1. The molecule has 0 saturated carbocycles. The molecular weight excluding hydrogens is 373 g/mol. The van der Waals surface area contributed by atoms with Crippen LogP contribution in [0.2, 0.25) is 0 Å². The first kappa shape index (κ1) is 17.8. The molecule has 2 heterocycles. The number of nitrogens with one attached hydrogen (secondary N) is 1. The van der Waals surface area contributed by atoms with Crippen molar-refractivity contribution in [3.05, 3.63) is 76.5 Å². The number of halogens is 3. The van der Waals surface area contributed by atoms with E-state index < -0.39 is 17.4 Å². The number of rotatable bonds is 3. The largest absolute Gasteiger partial charge is 0.416 e. The molecule has 0 unspecified atom stereocenters. The van der Waals surface area contributed by atoms with Crippen LogP contribution in [0.25, 0.3) is 16.6 Å². The van der Waals surface area contributed by atoms with Gasteiger partial charge in [0.05, 0.1) is 23.0 Å². The summed E-state index contributed by atoms with van der Waals surface area (Å²) in [4.78, 5) is 16.8. The molecular formula is C19H13F3N4O2. The van der Waals surface area contributed by atoms with E-state index in [1.54, 1.807) is 31.2 Å². The van der Waals surface area contributed by atoms with E-state index in [-0.39, 0.29) is 11.3 Å². The SMILES string of the molecule is Cc1ccccc1-n1c(=O)nc(Nc2cnoc2)c2ccc(C(F)(F)F)cc21. The maximum atomic E-state index is 13.3. The minimum absolute atomic E-state index is 0.0862. The van der Waals surface area contributed by atoms with Crippen molar-refractivity contribution in [3.63, 3.8) is 0 Å². The molecule has 0 aliphatic rings. The van der Waals surface area contributed by atoms with Crippen molar-refractivity contribution in [3.8, 4) is 5.69 Å². The normalized spacial score (nSPS) is 11.7. The molecule has 0 spiro atoms. The highest BCUT2D eigenvalue weighted by Crippen LogP contribution is 2.33. The van der Waals surface area contributed by atoms with E-state index in [0.717, 1.165) is 17.7 Å². The Morgan fingerprint density at radius 3 is 2.61 bits per heavy atom. The molecule has 0 radical (unpaired) electrons. The highest BCUT2D eigenvalue weighted by atomic mass is 19.4. The summed E-state index contributed by atoms with van der Waals surface area (Å²) < 4.78 is 45.8. The van der Waals surface area contributed by atoms with E-state index in [4.69, 9.17) is 4.52 Å². The van der Waals surface area contributed by atoms with Crippen molar-refractivity contribution >= 4 is 22.4 Å². The third-order valence-corrected chi connectivity index (χ3v) is 4.27. The summed E-state index contributed by atoms with van der Waals surface area (Å²) in [5.41, 5.74) is 0.125. The number of nitrogens with zero attached hydrogens (tertiary/aromatic N) is 3. The van der Waals surface area contributed by atoms with Gasteiger partial charge in [-0.2, -0.15) is 18.2 Å². The van der Waals surface area contributed by atoms with Gasteiger partial charge in [-0.05, 0) is 36.8 Å². The minimum Gasteiger partial charge on any atom is -0.363 e. The topological polar surface area (TPSA) is 73.0 Å². The van der Waals surface area contributed by atoms with Crippen LogP contribution in [0, 0.1) is 6.92 Å². The first-order valence-corrected chi connectivity index (χ1v) is 8.21. The van der Waals surface area contributed by atoms with Crippen LogP contribution in [0.3, 0.4) is 0 Å². The first-order valence-electron chi connectivity index (χ1n) is 8.21. The van der Waals surface area contributed by atoms with Crippen LogP contribution < -0.4 is 11.0 Å². The Hall–Kier alpha value is -3.62. The van der Waals surface area contributed by atoms with Gasteiger partial charge in [0.25, 0.3) is 0 Å². The zero-order valence-electron chi connectivity index (χ0n) is 14.5. The van der Waals surface area contributed by atoms with E-state index in [9.17, 15) is 18.0 Å². The zero-order valence-corrected chi connectivity index (χ0v) is 14.5. The van der Waals surface area contributed by atoms with Gasteiger partial charge >= 0.3 is 11.9 Å². The van der Waals surface area contributed by atoms with Crippen molar-refractivity contribution in [2.24, 2.45) is 0 Å². The molecule has 0 aliphatic carbocycles. The number of alkyl halides is 3. The Morgan fingerprint density at radius 1 is 1.14 bits per heavy atom. The summed E-state index contributed by atoms with van der Waals surface area (Å²) >= 11 is 0. The fourth-order valence-electron chi connectivity index (χ4n) is 2.95. The Morgan fingerprint density at radius 2 is 1.93 bits per heavy atom. The van der Waals surface area contributed by atoms with Crippen LogP contribution in [0.1, 0.15) is 11.1 Å². The number of aromatic nitrogens is 3. The predicted molar refractivity (Wildman–Crippen MR) is 96.9 cm³/mol. The second-order valence-corrected chi connectivity index (χ2v) is 6.13. The van der Waals surface area contributed by atoms with Gasteiger partial charge in [0.2, 0.25) is 0 Å². The van der Waals surface area contributed by atoms with Gasteiger partial charge in [0.15, 0.2) is 0 Å². The summed E-state index contributed by atoms with van der Waals surface area (Å²) in [6.45, 7) is 1.77. The summed E-state index contributed by atoms with van der Waals surface area (Å²) in [6, 6.07) is 10.1. The van der Waals surface area contributed by atoms with Crippen LogP contribution in [0.5, 0.6) is 0 Å². The summed E-state index contributed by atoms with van der Waals surface area (Å²) in [7, 11) is 0. The lowest BCUT2D eigenvalue weighted by Gasteiger charge is -2.16. The smallest absolute Gasteiger partial charge is 0.363 e. The molecule has 142 valence electrons. The van der Waals surface area contributed by atoms with Crippen LogP contribution in [0.15, 0.2) is 64.2 Å². The molecule has 0 amide bonds. The maximum Gasteiger partial charge on any atom is 0.416 e. The average Bonchev–Trinajstić information content (AvgIpc) is 3.15. The number of para-hydroxylation sites is 1. The molecule has 0 fully saturated rings. The van der Waals surface area contributed by atoms with E-state index in [2.05, 4.69) is 15.5 Å². The number of benzene rings is 2. The van der Waals surface area contributed by atoms with Crippen molar-refractivity contribution in [1.29, 1.82) is 0 Å². The summed E-state index contributed by atoms with van der Waals surface area (Å²) in [5, 5.41) is 6.75. The molecule has 0 saturated heterocycles. The van der Waals surface area contributed by atoms with Crippen molar-refractivity contribution in [2.75, 3.05) is 5.32 Å². The van der Waals surface area contributed by atoms with Crippen LogP contribution in [0.4, 0.5) is 24.7 Å². The van der Waals surface area contributed by atoms with Crippen molar-refractivity contribution in [2.45, 2.75) is 13.1 Å². The standard InChI is InChI=1S/C19H13F3N4O2/c1-11-4-2-3-5-15(11)26-16-8-12(19(20,21)22)6-7-14(16)17(25-18(26)27)24-13-9-23-28-10-13/h2-10H,1H3,(H,24,25,27). The van der Waals surface area contributed by atoms with E-state index in [1.807, 2.05) is 0 Å². The van der Waals surface area contributed by atoms with Crippen LogP contribution >= 0.6 is 0 Å². The molecule has 4 rings (SSSR count). The van der Waals surface area contributed by atoms with E-state index in [1.165, 1.54) is 23.1 Å². The Bertz CT molecular complexity index is 1210. The third-order valence-electron chi connectivity index (χ3n) is 4.27. The molecule has 0 aliphatic heterocycles. The highest BCUT2D eigenvalue weighted by Gasteiger charge is 2.31. The fourth-order valence-corrected chi connectivity index (χ4v) is 2.95. The van der Waals surface area contributed by atoms with Crippen molar-refractivity contribution < 1.29 is 17.7 Å². The summed E-state index contributed by atoms with van der Waals surface area (Å²) in [6.07, 6.45) is -1.89. The Labute approximate surface area is 156 Å². The fraction of sp³-hybridized carbons (Fsp3) is 0.105. The lowest BCUT2D eigenvalue weighted by Crippen LogP contribution is -2.24. The number of anilines is 2. The molecule has 2 aromatic carbocycles. The van der Waals surface area contributed by atoms with Gasteiger partial charge in [-0.1, -0.05) is 23.4 Å². The lowest BCUT2D eigenvalue weighted by molar-refractivity contribution is -0.137. The number of fused-ring (bicyclic) bond motifs is 1. The van der Waals surface area contributed by atoms with Gasteiger partial charge in [-0.3, -0.25) is 4.57 Å². The van der Waals surface area contributed by atoms with Gasteiger partial charge in [0.1, 0.15) is 17.8 Å². The maximum absolute atomic E-state index is 13.3. The molecule has 4 aromatic rings. The zero-order chi connectivity index (χ0) is 19.9. The monoisotopic (exact) mass is 386 g/mol. The Balaban J connectivity index is 2.04. The quantitative estimate of drug-likeness (QED) is 0.563. The second-order valence-electron chi connectivity index (χ2n) is 6.13. The molecule has 9 heteroatoms. The summed E-state index contributed by atoms with van der Waals surface area (Å²) in [5.74, 6) is 0.113. The molecule has 28 heavy (non-hydrogen) atoms.